The molecule has 5 aromatic rings. The molecule has 2 N–H and O–H groups in total. The summed E-state index contributed by atoms with van der Waals surface area (Å²) < 4.78 is 7.26. The number of aromatic nitrogens is 3. The molecule has 0 bridgehead atoms. The second-order valence-corrected chi connectivity index (χ2v) is 7.09. The van der Waals surface area contributed by atoms with Gasteiger partial charge in [-0.3, -0.25) is 14.2 Å². The molecule has 4 heterocycles. The third-order valence-corrected chi connectivity index (χ3v) is 5.09. The van der Waals surface area contributed by atoms with E-state index in [2.05, 4.69) is 26.6 Å². The predicted octanol–water partition coefficient (Wildman–Crippen LogP) is 4.35. The highest BCUT2D eigenvalue weighted by Gasteiger charge is 2.10. The number of imidazole rings is 1. The molecule has 0 aliphatic heterocycles. The SMILES string of the molecule is NC(=O)c1ccc(Cc2ccc3ncc(-c4ccnc(-c5ccoc5)c4)n3c2)cc1. The molecule has 0 aliphatic rings. The molecule has 6 nitrogen and oxygen atoms in total. The Morgan fingerprint density at radius 3 is 2.57 bits per heavy atom. The van der Waals surface area contributed by atoms with Gasteiger partial charge in [0.05, 0.1) is 30.1 Å². The average Bonchev–Trinajstić information content (AvgIpc) is 3.44. The van der Waals surface area contributed by atoms with Crippen molar-refractivity contribution in [3.63, 3.8) is 0 Å². The lowest BCUT2D eigenvalue weighted by Crippen LogP contribution is -2.10. The molecule has 0 spiro atoms. The van der Waals surface area contributed by atoms with Crippen LogP contribution < -0.4 is 5.73 Å². The fourth-order valence-corrected chi connectivity index (χ4v) is 3.52. The zero-order valence-electron chi connectivity index (χ0n) is 16.0. The van der Waals surface area contributed by atoms with E-state index >= 15 is 0 Å². The summed E-state index contributed by atoms with van der Waals surface area (Å²) in [5.74, 6) is -0.418. The molecular formula is C24H18N4O2. The zero-order valence-corrected chi connectivity index (χ0v) is 16.0. The molecule has 146 valence electrons. The van der Waals surface area contributed by atoms with Crippen molar-refractivity contribution in [2.45, 2.75) is 6.42 Å². The van der Waals surface area contributed by atoms with Crippen LogP contribution in [0, 0.1) is 0 Å². The van der Waals surface area contributed by atoms with E-state index in [4.69, 9.17) is 10.2 Å². The van der Waals surface area contributed by atoms with Gasteiger partial charge in [0.25, 0.3) is 0 Å². The molecule has 1 aromatic carbocycles. The van der Waals surface area contributed by atoms with E-state index in [9.17, 15) is 4.79 Å². The Labute approximate surface area is 172 Å². The summed E-state index contributed by atoms with van der Waals surface area (Å²) in [6.45, 7) is 0. The van der Waals surface area contributed by atoms with E-state index in [-0.39, 0.29) is 0 Å². The summed E-state index contributed by atoms with van der Waals surface area (Å²) in [7, 11) is 0. The van der Waals surface area contributed by atoms with Gasteiger partial charge in [0.2, 0.25) is 5.91 Å². The largest absolute Gasteiger partial charge is 0.472 e. The van der Waals surface area contributed by atoms with Crippen LogP contribution in [0.4, 0.5) is 0 Å². The van der Waals surface area contributed by atoms with Crippen molar-refractivity contribution >= 4 is 11.6 Å². The molecule has 0 atom stereocenters. The van der Waals surface area contributed by atoms with Crippen molar-refractivity contribution in [2.24, 2.45) is 5.73 Å². The van der Waals surface area contributed by atoms with Crippen LogP contribution in [0.2, 0.25) is 0 Å². The van der Waals surface area contributed by atoms with Crippen LogP contribution in [0.25, 0.3) is 28.2 Å². The number of nitrogens with two attached hydrogens (primary N) is 1. The van der Waals surface area contributed by atoms with Gasteiger partial charge in [-0.25, -0.2) is 4.98 Å². The number of carbonyl (C=O) groups excluding carboxylic acids is 1. The molecule has 0 unspecified atom stereocenters. The summed E-state index contributed by atoms with van der Waals surface area (Å²) >= 11 is 0. The van der Waals surface area contributed by atoms with Crippen LogP contribution in [0.3, 0.4) is 0 Å². The van der Waals surface area contributed by atoms with Gasteiger partial charge in [-0.05, 0) is 53.9 Å². The number of primary amides is 1. The summed E-state index contributed by atoms with van der Waals surface area (Å²) in [5, 5.41) is 0. The van der Waals surface area contributed by atoms with Crippen LogP contribution in [0.5, 0.6) is 0 Å². The predicted molar refractivity (Wildman–Crippen MR) is 114 cm³/mol. The molecule has 0 fully saturated rings. The Morgan fingerprint density at radius 2 is 1.80 bits per heavy atom. The number of amides is 1. The van der Waals surface area contributed by atoms with Crippen molar-refractivity contribution in [3.05, 3.63) is 102 Å². The van der Waals surface area contributed by atoms with E-state index in [1.165, 1.54) is 0 Å². The van der Waals surface area contributed by atoms with E-state index in [0.717, 1.165) is 45.7 Å². The number of hydrogen-bond donors (Lipinski definition) is 1. The second-order valence-electron chi connectivity index (χ2n) is 7.09. The van der Waals surface area contributed by atoms with Gasteiger partial charge in [0, 0.05) is 29.1 Å². The molecule has 5 rings (SSSR count). The van der Waals surface area contributed by atoms with Crippen LogP contribution in [-0.2, 0) is 6.42 Å². The third kappa shape index (κ3) is 3.35. The first-order valence-electron chi connectivity index (χ1n) is 9.51. The van der Waals surface area contributed by atoms with Gasteiger partial charge in [-0.1, -0.05) is 18.2 Å². The van der Waals surface area contributed by atoms with Gasteiger partial charge in [0.1, 0.15) is 5.65 Å². The molecule has 0 aliphatic carbocycles. The lowest BCUT2D eigenvalue weighted by Gasteiger charge is -2.07. The maximum absolute atomic E-state index is 11.3. The number of rotatable bonds is 5. The molecule has 4 aromatic heterocycles. The standard InChI is InChI=1S/C24H18N4O2/c25-24(29)18-4-1-16(2-5-18)11-17-3-6-23-27-13-22(28(23)14-17)19-7-9-26-21(12-19)20-8-10-30-15-20/h1-10,12-15H,11H2,(H2,25,29). The van der Waals surface area contributed by atoms with Gasteiger partial charge < -0.3 is 10.2 Å². The van der Waals surface area contributed by atoms with E-state index in [1.807, 2.05) is 42.6 Å². The first-order valence-corrected chi connectivity index (χ1v) is 9.51. The van der Waals surface area contributed by atoms with Crippen molar-refractivity contribution in [3.8, 4) is 22.5 Å². The molecule has 30 heavy (non-hydrogen) atoms. The lowest BCUT2D eigenvalue weighted by molar-refractivity contribution is 0.100. The number of hydrogen-bond acceptors (Lipinski definition) is 4. The number of carbonyl (C=O) groups is 1. The minimum atomic E-state index is -0.418. The minimum Gasteiger partial charge on any atom is -0.472 e. The molecular weight excluding hydrogens is 376 g/mol. The highest BCUT2D eigenvalue weighted by atomic mass is 16.3. The molecule has 1 amide bonds. The fraction of sp³-hybridized carbons (Fsp3) is 0.0417. The Bertz CT molecular complexity index is 1340. The van der Waals surface area contributed by atoms with Crippen molar-refractivity contribution in [1.29, 1.82) is 0 Å². The number of fused-ring (bicyclic) bond motifs is 1. The third-order valence-electron chi connectivity index (χ3n) is 5.09. The lowest BCUT2D eigenvalue weighted by atomic mass is 10.0. The molecule has 0 radical (unpaired) electrons. The van der Waals surface area contributed by atoms with E-state index in [1.54, 1.807) is 30.9 Å². The molecule has 0 saturated carbocycles. The monoisotopic (exact) mass is 394 g/mol. The Morgan fingerprint density at radius 1 is 0.967 bits per heavy atom. The van der Waals surface area contributed by atoms with Crippen molar-refractivity contribution in [2.75, 3.05) is 0 Å². The Balaban J connectivity index is 1.49. The first kappa shape index (κ1) is 17.9. The van der Waals surface area contributed by atoms with Crippen LogP contribution in [0.15, 0.2) is 90.1 Å². The number of pyridine rings is 2. The maximum Gasteiger partial charge on any atom is 0.248 e. The number of benzene rings is 1. The van der Waals surface area contributed by atoms with Crippen LogP contribution in [0.1, 0.15) is 21.5 Å². The fourth-order valence-electron chi connectivity index (χ4n) is 3.52. The van der Waals surface area contributed by atoms with Gasteiger partial charge in [0.15, 0.2) is 0 Å². The van der Waals surface area contributed by atoms with E-state index < -0.39 is 5.91 Å². The molecule has 0 saturated heterocycles. The Hall–Kier alpha value is -4.19. The summed E-state index contributed by atoms with van der Waals surface area (Å²) in [6, 6.07) is 17.3. The highest BCUT2D eigenvalue weighted by Crippen LogP contribution is 2.26. The molecule has 6 heteroatoms. The topological polar surface area (TPSA) is 86.4 Å². The zero-order chi connectivity index (χ0) is 20.5. The smallest absolute Gasteiger partial charge is 0.248 e. The normalized spacial score (nSPS) is 11.1. The van der Waals surface area contributed by atoms with Gasteiger partial charge >= 0.3 is 0 Å². The second kappa shape index (κ2) is 7.33. The summed E-state index contributed by atoms with van der Waals surface area (Å²) in [4.78, 5) is 20.2. The number of nitrogens with zero attached hydrogens (tertiary/aromatic N) is 3. The average molecular weight is 394 g/mol. The van der Waals surface area contributed by atoms with Crippen LogP contribution >= 0.6 is 0 Å². The van der Waals surface area contributed by atoms with Gasteiger partial charge in [-0.2, -0.15) is 0 Å². The number of furan rings is 1. The van der Waals surface area contributed by atoms with Gasteiger partial charge in [-0.15, -0.1) is 0 Å². The maximum atomic E-state index is 11.3. The van der Waals surface area contributed by atoms with Crippen molar-refractivity contribution in [1.82, 2.24) is 14.4 Å². The van der Waals surface area contributed by atoms with Crippen molar-refractivity contribution < 1.29 is 9.21 Å². The highest BCUT2D eigenvalue weighted by molar-refractivity contribution is 5.92. The first-order chi connectivity index (χ1) is 14.7. The summed E-state index contributed by atoms with van der Waals surface area (Å²) in [5.41, 5.74) is 12.7. The minimum absolute atomic E-state index is 0.418. The quantitative estimate of drug-likeness (QED) is 0.480. The van der Waals surface area contributed by atoms with Crippen LogP contribution in [-0.4, -0.2) is 20.3 Å². The Kier molecular flexibility index (Phi) is 4.37. The van der Waals surface area contributed by atoms with E-state index in [0.29, 0.717) is 5.56 Å². The summed E-state index contributed by atoms with van der Waals surface area (Å²) in [6.07, 6.45) is 9.82.